The lowest BCUT2D eigenvalue weighted by molar-refractivity contribution is -0.138. The van der Waals surface area contributed by atoms with Crippen LogP contribution in [0.5, 0.6) is 0 Å². The number of nitrogens with one attached hydrogen (secondary N) is 1. The molecule has 0 saturated carbocycles. The molecule has 0 fully saturated rings. The third-order valence-electron chi connectivity index (χ3n) is 3.76. The maximum Gasteiger partial charge on any atom is 0.311 e. The normalized spacial score (nSPS) is 12.3. The molecule has 130 valence electrons. The zero-order valence-corrected chi connectivity index (χ0v) is 14.6. The van der Waals surface area contributed by atoms with E-state index in [9.17, 15) is 18.7 Å². The van der Waals surface area contributed by atoms with Crippen molar-refractivity contribution in [2.24, 2.45) is 0 Å². The summed E-state index contributed by atoms with van der Waals surface area (Å²) >= 11 is 7.45. The molecule has 0 spiro atoms. The summed E-state index contributed by atoms with van der Waals surface area (Å²) < 4.78 is 28.4. The summed E-state index contributed by atoms with van der Waals surface area (Å²) in [6, 6.07) is 6.71. The van der Waals surface area contributed by atoms with Crippen molar-refractivity contribution >= 4 is 49.9 Å². The van der Waals surface area contributed by atoms with E-state index in [-0.39, 0.29) is 22.7 Å². The second kappa shape index (κ2) is 6.93. The van der Waals surface area contributed by atoms with Crippen LogP contribution in [0.2, 0.25) is 5.02 Å². The van der Waals surface area contributed by atoms with Crippen molar-refractivity contribution in [2.75, 3.05) is 5.32 Å². The molecule has 0 amide bonds. The molecule has 2 aromatic carbocycles. The Morgan fingerprint density at radius 3 is 2.80 bits per heavy atom. The van der Waals surface area contributed by atoms with Crippen LogP contribution in [-0.4, -0.2) is 16.1 Å². The minimum absolute atomic E-state index is 0.0388. The van der Waals surface area contributed by atoms with Crippen molar-refractivity contribution in [1.29, 1.82) is 0 Å². The number of aliphatic carboxylic acids is 1. The molecule has 1 aromatic heterocycles. The number of carboxylic acids is 1. The van der Waals surface area contributed by atoms with Gasteiger partial charge in [0.1, 0.15) is 11.6 Å². The van der Waals surface area contributed by atoms with Gasteiger partial charge in [-0.25, -0.2) is 13.8 Å². The predicted molar refractivity (Wildman–Crippen MR) is 94.9 cm³/mol. The quantitative estimate of drug-likeness (QED) is 0.607. The van der Waals surface area contributed by atoms with Gasteiger partial charge in [-0.05, 0) is 30.7 Å². The Labute approximate surface area is 151 Å². The highest BCUT2D eigenvalue weighted by molar-refractivity contribution is 7.22. The van der Waals surface area contributed by atoms with Gasteiger partial charge >= 0.3 is 5.97 Å². The van der Waals surface area contributed by atoms with Gasteiger partial charge in [0.05, 0.1) is 26.8 Å². The summed E-state index contributed by atoms with van der Waals surface area (Å²) in [6.07, 6.45) is 0.249. The number of fused-ring (bicyclic) bond motifs is 1. The largest absolute Gasteiger partial charge is 0.481 e. The van der Waals surface area contributed by atoms with Crippen LogP contribution in [-0.2, 0) is 4.79 Å². The van der Waals surface area contributed by atoms with Crippen molar-refractivity contribution in [3.8, 4) is 0 Å². The number of benzene rings is 2. The zero-order valence-electron chi connectivity index (χ0n) is 13.0. The van der Waals surface area contributed by atoms with Gasteiger partial charge in [0.25, 0.3) is 0 Å². The monoisotopic (exact) mass is 382 g/mol. The number of carbonyl (C=O) groups is 1. The summed E-state index contributed by atoms with van der Waals surface area (Å²) in [5, 5.41) is 12.7. The van der Waals surface area contributed by atoms with Gasteiger partial charge in [0.2, 0.25) is 0 Å². The predicted octanol–water partition coefficient (Wildman–Crippen LogP) is 5.55. The van der Waals surface area contributed by atoms with Gasteiger partial charge in [0, 0.05) is 11.6 Å². The molecule has 1 atom stereocenters. The van der Waals surface area contributed by atoms with Crippen LogP contribution in [0.15, 0.2) is 30.3 Å². The fourth-order valence-electron chi connectivity index (χ4n) is 2.52. The van der Waals surface area contributed by atoms with Crippen LogP contribution < -0.4 is 5.32 Å². The van der Waals surface area contributed by atoms with E-state index < -0.39 is 23.5 Å². The van der Waals surface area contributed by atoms with Gasteiger partial charge in [0.15, 0.2) is 5.13 Å². The van der Waals surface area contributed by atoms with Gasteiger partial charge in [-0.15, -0.1) is 0 Å². The Morgan fingerprint density at radius 2 is 2.12 bits per heavy atom. The van der Waals surface area contributed by atoms with Crippen molar-refractivity contribution in [2.45, 2.75) is 19.3 Å². The Balaban J connectivity index is 1.94. The highest BCUT2D eigenvalue weighted by Crippen LogP contribution is 2.35. The smallest absolute Gasteiger partial charge is 0.311 e. The van der Waals surface area contributed by atoms with E-state index in [1.165, 1.54) is 29.5 Å². The third kappa shape index (κ3) is 3.57. The van der Waals surface area contributed by atoms with Gasteiger partial charge in [-0.3, -0.25) is 4.79 Å². The average molecular weight is 383 g/mol. The van der Waals surface area contributed by atoms with Crippen LogP contribution in [0.4, 0.5) is 19.6 Å². The number of hydrogen-bond donors (Lipinski definition) is 2. The molecule has 1 unspecified atom stereocenters. The average Bonchev–Trinajstić information content (AvgIpc) is 2.93. The maximum atomic E-state index is 14.4. The molecule has 2 N–H and O–H groups in total. The number of rotatable bonds is 5. The Hall–Kier alpha value is -2.25. The Bertz CT molecular complexity index is 961. The fraction of sp³-hybridized carbons (Fsp3) is 0.176. The maximum absolute atomic E-state index is 14.4. The first-order chi connectivity index (χ1) is 11.9. The van der Waals surface area contributed by atoms with Crippen LogP contribution >= 0.6 is 22.9 Å². The molecule has 25 heavy (non-hydrogen) atoms. The van der Waals surface area contributed by atoms with Crippen molar-refractivity contribution in [3.05, 3.63) is 52.6 Å². The van der Waals surface area contributed by atoms with Crippen LogP contribution in [0, 0.1) is 11.6 Å². The molecule has 0 aliphatic rings. The topological polar surface area (TPSA) is 62.2 Å². The minimum Gasteiger partial charge on any atom is -0.481 e. The Morgan fingerprint density at radius 1 is 1.36 bits per heavy atom. The summed E-state index contributed by atoms with van der Waals surface area (Å²) in [7, 11) is 0. The fourth-order valence-corrected chi connectivity index (χ4v) is 3.60. The first-order valence-corrected chi connectivity index (χ1v) is 8.63. The lowest BCUT2D eigenvalue weighted by Crippen LogP contribution is -2.12. The summed E-state index contributed by atoms with van der Waals surface area (Å²) in [5.41, 5.74) is 0.789. The SMILES string of the molecule is CCC(C(=O)O)c1cc(Cl)c(Nc2nc3cc(F)ccc3s2)cc1F. The second-order valence-corrected chi connectivity index (χ2v) is 6.85. The number of hydrogen-bond acceptors (Lipinski definition) is 4. The lowest BCUT2D eigenvalue weighted by atomic mass is 9.96. The highest BCUT2D eigenvalue weighted by Gasteiger charge is 2.23. The standard InChI is InChI=1S/C17H13ClF2N2O2S/c1-2-9(16(23)24)10-6-11(18)13(7-12(10)20)21-17-22-14-5-8(19)3-4-15(14)25-17/h3-7,9H,2H2,1H3,(H,21,22)(H,23,24). The van der Waals surface area contributed by atoms with Crippen LogP contribution in [0.3, 0.4) is 0 Å². The molecule has 0 aliphatic heterocycles. The lowest BCUT2D eigenvalue weighted by Gasteiger charge is -2.14. The van der Waals surface area contributed by atoms with Gasteiger partial charge < -0.3 is 10.4 Å². The van der Waals surface area contributed by atoms with E-state index in [1.54, 1.807) is 13.0 Å². The molecule has 8 heteroatoms. The number of carboxylic acid groups (broad SMARTS) is 1. The van der Waals surface area contributed by atoms with Gasteiger partial charge in [-0.1, -0.05) is 29.9 Å². The van der Waals surface area contributed by atoms with E-state index in [4.69, 9.17) is 11.6 Å². The molecular formula is C17H13ClF2N2O2S. The Kier molecular flexibility index (Phi) is 4.87. The van der Waals surface area contributed by atoms with E-state index in [0.29, 0.717) is 10.6 Å². The summed E-state index contributed by atoms with van der Waals surface area (Å²) in [6.45, 7) is 1.67. The minimum atomic E-state index is -1.11. The molecule has 4 nitrogen and oxygen atoms in total. The number of anilines is 2. The van der Waals surface area contributed by atoms with E-state index >= 15 is 0 Å². The molecule has 0 aliphatic carbocycles. The van der Waals surface area contributed by atoms with Crippen molar-refractivity contribution in [3.63, 3.8) is 0 Å². The van der Waals surface area contributed by atoms with Crippen molar-refractivity contribution in [1.82, 2.24) is 4.98 Å². The molecule has 3 rings (SSSR count). The molecule has 0 radical (unpaired) electrons. The van der Waals surface area contributed by atoms with Crippen LogP contribution in [0.1, 0.15) is 24.8 Å². The second-order valence-electron chi connectivity index (χ2n) is 5.41. The van der Waals surface area contributed by atoms with Gasteiger partial charge in [-0.2, -0.15) is 0 Å². The summed E-state index contributed by atoms with van der Waals surface area (Å²) in [5.74, 6) is -3.12. The number of thiazole rings is 1. The first-order valence-electron chi connectivity index (χ1n) is 7.44. The number of nitrogens with zero attached hydrogens (tertiary/aromatic N) is 1. The first kappa shape index (κ1) is 17.6. The molecule has 3 aromatic rings. The van der Waals surface area contributed by atoms with Crippen molar-refractivity contribution < 1.29 is 18.7 Å². The summed E-state index contributed by atoms with van der Waals surface area (Å²) in [4.78, 5) is 15.5. The zero-order chi connectivity index (χ0) is 18.1. The molecule has 0 bridgehead atoms. The highest BCUT2D eigenvalue weighted by atomic mass is 35.5. The number of halogens is 3. The van der Waals surface area contributed by atoms with Crippen LogP contribution in [0.25, 0.3) is 10.2 Å². The number of aromatic nitrogens is 1. The molecule has 0 saturated heterocycles. The van der Waals surface area contributed by atoms with E-state index in [0.717, 1.165) is 10.8 Å². The molecule has 1 heterocycles. The third-order valence-corrected chi connectivity index (χ3v) is 5.02. The van der Waals surface area contributed by atoms with E-state index in [2.05, 4.69) is 10.3 Å². The molecular weight excluding hydrogens is 370 g/mol. The van der Waals surface area contributed by atoms with E-state index in [1.807, 2.05) is 0 Å².